The fourth-order valence-corrected chi connectivity index (χ4v) is 3.73. The van der Waals surface area contributed by atoms with Gasteiger partial charge in [0.05, 0.1) is 0 Å². The molecule has 0 atom stereocenters. The maximum Gasteiger partial charge on any atom is 0.0413 e. The van der Waals surface area contributed by atoms with E-state index in [0.717, 1.165) is 12.8 Å². The monoisotopic (exact) mass is 244 g/mol. The molecule has 18 heavy (non-hydrogen) atoms. The molecule has 0 radical (unpaired) electrons. The van der Waals surface area contributed by atoms with Crippen molar-refractivity contribution < 1.29 is 0 Å². The minimum atomic E-state index is -0.0538. The molecule has 2 nitrogen and oxygen atoms in total. The first-order chi connectivity index (χ1) is 8.71. The predicted molar refractivity (Wildman–Crippen MR) is 77.0 cm³/mol. The van der Waals surface area contributed by atoms with Crippen molar-refractivity contribution in [3.8, 4) is 0 Å². The molecule has 1 fully saturated rings. The summed E-state index contributed by atoms with van der Waals surface area (Å²) < 4.78 is 0. The summed E-state index contributed by atoms with van der Waals surface area (Å²) in [6.45, 7) is 1.17. The van der Waals surface area contributed by atoms with Crippen LogP contribution in [-0.4, -0.2) is 13.6 Å². The van der Waals surface area contributed by atoms with Crippen LogP contribution in [-0.2, 0) is 12.0 Å². The molecule has 98 valence electrons. The summed E-state index contributed by atoms with van der Waals surface area (Å²) in [5.74, 6) is 0. The molecule has 1 aliphatic heterocycles. The van der Waals surface area contributed by atoms with Gasteiger partial charge in [0.1, 0.15) is 0 Å². The summed E-state index contributed by atoms with van der Waals surface area (Å²) in [6.07, 6.45) is 8.71. The Hall–Kier alpha value is -1.02. The number of fused-ring (bicyclic) bond motifs is 1. The fraction of sp³-hybridized carbons (Fsp3) is 0.625. The minimum absolute atomic E-state index is 0.0538. The van der Waals surface area contributed by atoms with Gasteiger partial charge in [-0.15, -0.1) is 0 Å². The van der Waals surface area contributed by atoms with Gasteiger partial charge in [0.15, 0.2) is 0 Å². The first-order valence-electron chi connectivity index (χ1n) is 7.33. The normalized spacial score (nSPS) is 22.7. The summed E-state index contributed by atoms with van der Waals surface area (Å²) >= 11 is 0. The highest BCUT2D eigenvalue weighted by molar-refractivity contribution is 5.59. The second kappa shape index (κ2) is 4.58. The van der Waals surface area contributed by atoms with E-state index in [1.807, 2.05) is 0 Å². The molecule has 0 bridgehead atoms. The highest BCUT2D eigenvalue weighted by Gasteiger charge is 2.32. The van der Waals surface area contributed by atoms with Gasteiger partial charge in [0, 0.05) is 24.8 Å². The van der Waals surface area contributed by atoms with Crippen molar-refractivity contribution in [2.75, 3.05) is 18.5 Å². The van der Waals surface area contributed by atoms with Crippen LogP contribution >= 0.6 is 0 Å². The van der Waals surface area contributed by atoms with Crippen molar-refractivity contribution in [2.45, 2.75) is 50.5 Å². The van der Waals surface area contributed by atoms with Crippen molar-refractivity contribution in [3.05, 3.63) is 29.3 Å². The first kappa shape index (κ1) is 12.0. The van der Waals surface area contributed by atoms with Gasteiger partial charge in [-0.1, -0.05) is 31.4 Å². The molecule has 1 aromatic carbocycles. The van der Waals surface area contributed by atoms with Gasteiger partial charge < -0.3 is 10.6 Å². The van der Waals surface area contributed by atoms with E-state index < -0.39 is 0 Å². The Labute approximate surface area is 110 Å². The lowest BCUT2D eigenvalue weighted by Gasteiger charge is -2.38. The van der Waals surface area contributed by atoms with E-state index in [1.165, 1.54) is 55.5 Å². The van der Waals surface area contributed by atoms with E-state index in [1.54, 1.807) is 0 Å². The molecule has 2 aliphatic rings. The largest absolute Gasteiger partial charge is 0.374 e. The maximum absolute atomic E-state index is 6.73. The van der Waals surface area contributed by atoms with Gasteiger partial charge in [-0.25, -0.2) is 0 Å². The van der Waals surface area contributed by atoms with Crippen LogP contribution in [0.25, 0.3) is 0 Å². The lowest BCUT2D eigenvalue weighted by Crippen LogP contribution is -2.40. The molecule has 2 heteroatoms. The van der Waals surface area contributed by atoms with Crippen LogP contribution in [0.3, 0.4) is 0 Å². The topological polar surface area (TPSA) is 29.3 Å². The number of anilines is 1. The molecular formula is C16H24N2. The molecule has 0 amide bonds. The zero-order valence-corrected chi connectivity index (χ0v) is 11.4. The lowest BCUT2D eigenvalue weighted by molar-refractivity contribution is 0.300. The van der Waals surface area contributed by atoms with Crippen LogP contribution in [0.2, 0.25) is 0 Å². The third-order valence-electron chi connectivity index (χ3n) is 4.77. The highest BCUT2D eigenvalue weighted by Crippen LogP contribution is 2.40. The third-order valence-corrected chi connectivity index (χ3v) is 4.77. The number of hydrogen-bond donors (Lipinski definition) is 1. The van der Waals surface area contributed by atoms with Crippen molar-refractivity contribution in [2.24, 2.45) is 5.73 Å². The number of nitrogens with two attached hydrogens (primary N) is 1. The molecule has 1 saturated carbocycles. The van der Waals surface area contributed by atoms with Crippen molar-refractivity contribution in [3.63, 3.8) is 0 Å². The summed E-state index contributed by atoms with van der Waals surface area (Å²) in [6, 6.07) is 6.73. The highest BCUT2D eigenvalue weighted by atomic mass is 15.1. The quantitative estimate of drug-likeness (QED) is 0.822. The van der Waals surface area contributed by atoms with Gasteiger partial charge in [0.2, 0.25) is 0 Å². The van der Waals surface area contributed by atoms with Gasteiger partial charge in [-0.2, -0.15) is 0 Å². The Morgan fingerprint density at radius 3 is 2.67 bits per heavy atom. The predicted octanol–water partition coefficient (Wildman–Crippen LogP) is 3.19. The maximum atomic E-state index is 6.73. The van der Waals surface area contributed by atoms with E-state index in [0.29, 0.717) is 0 Å². The van der Waals surface area contributed by atoms with E-state index in [4.69, 9.17) is 5.73 Å². The second-order valence-electron chi connectivity index (χ2n) is 6.05. The molecule has 0 spiro atoms. The Kier molecular flexibility index (Phi) is 3.06. The second-order valence-corrected chi connectivity index (χ2v) is 6.05. The number of benzene rings is 1. The summed E-state index contributed by atoms with van der Waals surface area (Å²) in [4.78, 5) is 2.38. The molecular weight excluding hydrogens is 220 g/mol. The Balaban J connectivity index is 2.04. The fourth-order valence-electron chi connectivity index (χ4n) is 3.73. The first-order valence-corrected chi connectivity index (χ1v) is 7.33. The average molecular weight is 244 g/mol. The number of rotatable bonds is 1. The Morgan fingerprint density at radius 1 is 1.11 bits per heavy atom. The van der Waals surface area contributed by atoms with E-state index in [-0.39, 0.29) is 5.54 Å². The molecule has 0 saturated heterocycles. The molecule has 2 N–H and O–H groups in total. The Bertz CT molecular complexity index is 433. The Morgan fingerprint density at radius 2 is 1.89 bits per heavy atom. The lowest BCUT2D eigenvalue weighted by atomic mass is 9.74. The molecule has 1 aliphatic carbocycles. The van der Waals surface area contributed by atoms with Crippen molar-refractivity contribution >= 4 is 5.69 Å². The minimum Gasteiger partial charge on any atom is -0.374 e. The van der Waals surface area contributed by atoms with Crippen molar-refractivity contribution in [1.29, 1.82) is 0 Å². The van der Waals surface area contributed by atoms with Crippen LogP contribution in [0.4, 0.5) is 5.69 Å². The van der Waals surface area contributed by atoms with E-state index in [9.17, 15) is 0 Å². The molecule has 3 rings (SSSR count). The zero-order chi connectivity index (χ0) is 12.6. The summed E-state index contributed by atoms with van der Waals surface area (Å²) in [5, 5.41) is 0. The standard InChI is InChI=1S/C16H24N2/c1-18-12-6-7-13-14(8-5-9-15(13)18)16(17)10-3-2-4-11-16/h5,8-9H,2-4,6-7,10-12,17H2,1H3. The van der Waals surface area contributed by atoms with Crippen LogP contribution < -0.4 is 10.6 Å². The van der Waals surface area contributed by atoms with Gasteiger partial charge >= 0.3 is 0 Å². The third kappa shape index (κ3) is 1.93. The van der Waals surface area contributed by atoms with Crippen LogP contribution in [0.5, 0.6) is 0 Å². The number of hydrogen-bond acceptors (Lipinski definition) is 2. The average Bonchev–Trinajstić information content (AvgIpc) is 2.39. The molecule has 0 aromatic heterocycles. The van der Waals surface area contributed by atoms with Crippen LogP contribution in [0.15, 0.2) is 18.2 Å². The SMILES string of the molecule is CN1CCCc2c1cccc2C1(N)CCCCC1. The van der Waals surface area contributed by atoms with Gasteiger partial charge in [-0.05, 0) is 42.9 Å². The van der Waals surface area contributed by atoms with Crippen LogP contribution in [0, 0.1) is 0 Å². The summed E-state index contributed by atoms with van der Waals surface area (Å²) in [7, 11) is 2.20. The van der Waals surface area contributed by atoms with Crippen molar-refractivity contribution in [1.82, 2.24) is 0 Å². The molecule has 1 heterocycles. The zero-order valence-electron chi connectivity index (χ0n) is 11.4. The summed E-state index contributed by atoms with van der Waals surface area (Å²) in [5.41, 5.74) is 11.0. The van der Waals surface area contributed by atoms with Crippen LogP contribution in [0.1, 0.15) is 49.7 Å². The smallest absolute Gasteiger partial charge is 0.0413 e. The van der Waals surface area contributed by atoms with E-state index >= 15 is 0 Å². The van der Waals surface area contributed by atoms with Gasteiger partial charge in [0.25, 0.3) is 0 Å². The molecule has 1 aromatic rings. The van der Waals surface area contributed by atoms with Gasteiger partial charge in [-0.3, -0.25) is 0 Å². The number of nitrogens with zero attached hydrogens (tertiary/aromatic N) is 1. The van der Waals surface area contributed by atoms with E-state index in [2.05, 4.69) is 30.1 Å². The molecule has 0 unspecified atom stereocenters.